The zero-order chi connectivity index (χ0) is 13.9. The van der Waals surface area contributed by atoms with Gasteiger partial charge in [0.25, 0.3) is 0 Å². The van der Waals surface area contributed by atoms with Crippen molar-refractivity contribution >= 4 is 17.4 Å². The van der Waals surface area contributed by atoms with E-state index in [4.69, 9.17) is 5.73 Å². The molecule has 2 aromatic heterocycles. The van der Waals surface area contributed by atoms with Gasteiger partial charge in [0.05, 0.1) is 6.20 Å². The van der Waals surface area contributed by atoms with Crippen molar-refractivity contribution in [3.63, 3.8) is 0 Å². The summed E-state index contributed by atoms with van der Waals surface area (Å²) < 4.78 is 1.74. The van der Waals surface area contributed by atoms with Crippen LogP contribution < -0.4 is 5.73 Å². The van der Waals surface area contributed by atoms with Crippen LogP contribution in [0.1, 0.15) is 0 Å². The number of benzene rings is 1. The lowest BCUT2D eigenvalue weighted by atomic mass is 10.1. The molecule has 20 heavy (non-hydrogen) atoms. The molecule has 0 amide bonds. The molecular formula is C14H13N5S. The first kappa shape index (κ1) is 12.7. The Labute approximate surface area is 120 Å². The first-order chi connectivity index (χ1) is 9.76. The van der Waals surface area contributed by atoms with Gasteiger partial charge >= 0.3 is 0 Å². The van der Waals surface area contributed by atoms with Gasteiger partial charge in [-0.25, -0.2) is 14.6 Å². The maximum atomic E-state index is 5.80. The lowest BCUT2D eigenvalue weighted by Gasteiger charge is -2.01. The molecule has 3 aromatic rings. The van der Waals surface area contributed by atoms with Crippen molar-refractivity contribution in [2.45, 2.75) is 5.03 Å². The van der Waals surface area contributed by atoms with E-state index in [-0.39, 0.29) is 0 Å². The van der Waals surface area contributed by atoms with Crippen molar-refractivity contribution in [2.24, 2.45) is 0 Å². The number of thioether (sulfide) groups is 1. The molecule has 5 nitrogen and oxygen atoms in total. The summed E-state index contributed by atoms with van der Waals surface area (Å²) in [5, 5.41) is 5.26. The first-order valence-corrected chi connectivity index (χ1v) is 7.26. The summed E-state index contributed by atoms with van der Waals surface area (Å²) in [6.07, 6.45) is 7.26. The summed E-state index contributed by atoms with van der Waals surface area (Å²) in [5.41, 5.74) is 8.58. The lowest BCUT2D eigenvalue weighted by molar-refractivity contribution is 0.827. The van der Waals surface area contributed by atoms with Crippen molar-refractivity contribution < 1.29 is 0 Å². The average Bonchev–Trinajstić information content (AvgIpc) is 2.97. The molecule has 0 saturated carbocycles. The Hall–Kier alpha value is -2.34. The second-order valence-electron chi connectivity index (χ2n) is 4.22. The van der Waals surface area contributed by atoms with E-state index < -0.39 is 0 Å². The highest BCUT2D eigenvalue weighted by Gasteiger charge is 2.05. The van der Waals surface area contributed by atoms with E-state index in [1.165, 1.54) is 0 Å². The highest BCUT2D eigenvalue weighted by atomic mass is 32.2. The smallest absolute Gasteiger partial charge is 0.157 e. The van der Waals surface area contributed by atoms with Crippen LogP contribution >= 0.6 is 11.8 Å². The Morgan fingerprint density at radius 2 is 2.05 bits per heavy atom. The number of rotatable bonds is 3. The molecule has 6 heteroatoms. The average molecular weight is 283 g/mol. The van der Waals surface area contributed by atoms with Gasteiger partial charge in [0.15, 0.2) is 5.82 Å². The minimum Gasteiger partial charge on any atom is -0.399 e. The van der Waals surface area contributed by atoms with Gasteiger partial charge in [-0.2, -0.15) is 5.10 Å². The summed E-state index contributed by atoms with van der Waals surface area (Å²) in [6.45, 7) is 0. The third-order valence-corrected chi connectivity index (χ3v) is 3.52. The van der Waals surface area contributed by atoms with Crippen molar-refractivity contribution in [2.75, 3.05) is 12.0 Å². The standard InChI is InChI=1S/C14H13N5S/c1-20-14-6-13(16-9-17-14)19-8-11(7-18-19)10-3-2-4-12(15)5-10/h2-9H,15H2,1H3. The third kappa shape index (κ3) is 2.50. The molecule has 2 N–H and O–H groups in total. The van der Waals surface area contributed by atoms with Crippen LogP contribution in [0.2, 0.25) is 0 Å². The van der Waals surface area contributed by atoms with E-state index in [1.54, 1.807) is 29.0 Å². The number of anilines is 1. The van der Waals surface area contributed by atoms with Gasteiger partial charge in [-0.3, -0.25) is 0 Å². The van der Waals surface area contributed by atoms with Crippen molar-refractivity contribution in [3.8, 4) is 16.9 Å². The minimum atomic E-state index is 0.738. The Bertz CT molecular complexity index is 738. The SMILES string of the molecule is CSc1cc(-n2cc(-c3cccc(N)c3)cn2)ncn1. The molecule has 0 radical (unpaired) electrons. The molecule has 0 aliphatic rings. The monoisotopic (exact) mass is 283 g/mol. The van der Waals surface area contributed by atoms with Crippen LogP contribution in [0.4, 0.5) is 5.69 Å². The predicted octanol–water partition coefficient (Wildman–Crippen LogP) is 2.63. The molecule has 0 aliphatic heterocycles. The number of hydrogen-bond acceptors (Lipinski definition) is 5. The van der Waals surface area contributed by atoms with Crippen molar-refractivity contribution in [1.29, 1.82) is 0 Å². The van der Waals surface area contributed by atoms with E-state index in [2.05, 4.69) is 15.1 Å². The Balaban J connectivity index is 1.97. The lowest BCUT2D eigenvalue weighted by Crippen LogP contribution is -1.98. The fourth-order valence-electron chi connectivity index (χ4n) is 1.88. The molecule has 0 fully saturated rings. The summed E-state index contributed by atoms with van der Waals surface area (Å²) in [7, 11) is 0. The molecular weight excluding hydrogens is 270 g/mol. The highest BCUT2D eigenvalue weighted by Crippen LogP contribution is 2.22. The normalized spacial score (nSPS) is 10.7. The van der Waals surface area contributed by atoms with Crippen LogP contribution in [0.15, 0.2) is 54.1 Å². The van der Waals surface area contributed by atoms with E-state index in [0.717, 1.165) is 27.7 Å². The molecule has 0 aliphatic carbocycles. The van der Waals surface area contributed by atoms with E-state index >= 15 is 0 Å². The quantitative estimate of drug-likeness (QED) is 0.454. The van der Waals surface area contributed by atoms with Crippen LogP contribution in [-0.4, -0.2) is 26.0 Å². The van der Waals surface area contributed by atoms with E-state index in [1.807, 2.05) is 42.8 Å². The maximum Gasteiger partial charge on any atom is 0.157 e. The van der Waals surface area contributed by atoms with Gasteiger partial charge in [-0.15, -0.1) is 11.8 Å². The topological polar surface area (TPSA) is 69.6 Å². The van der Waals surface area contributed by atoms with Crippen molar-refractivity contribution in [3.05, 3.63) is 49.1 Å². The molecule has 0 bridgehead atoms. The molecule has 0 saturated heterocycles. The molecule has 1 aromatic carbocycles. The van der Waals surface area contributed by atoms with Crippen LogP contribution in [0.5, 0.6) is 0 Å². The van der Waals surface area contributed by atoms with E-state index in [0.29, 0.717) is 0 Å². The Kier molecular flexibility index (Phi) is 3.39. The fourth-order valence-corrected chi connectivity index (χ4v) is 2.26. The first-order valence-electron chi connectivity index (χ1n) is 6.03. The number of nitrogen functional groups attached to an aromatic ring is 1. The van der Waals surface area contributed by atoms with Crippen LogP contribution in [0.3, 0.4) is 0 Å². The molecule has 0 unspecified atom stereocenters. The van der Waals surface area contributed by atoms with Gasteiger partial charge in [0.1, 0.15) is 11.4 Å². The number of aromatic nitrogens is 4. The van der Waals surface area contributed by atoms with Crippen LogP contribution in [0, 0.1) is 0 Å². The van der Waals surface area contributed by atoms with Crippen molar-refractivity contribution in [1.82, 2.24) is 19.7 Å². The number of nitrogens with two attached hydrogens (primary N) is 1. The second kappa shape index (κ2) is 5.34. The third-order valence-electron chi connectivity index (χ3n) is 2.87. The zero-order valence-electron chi connectivity index (χ0n) is 10.9. The Morgan fingerprint density at radius 3 is 2.85 bits per heavy atom. The summed E-state index contributed by atoms with van der Waals surface area (Å²) in [4.78, 5) is 8.39. The van der Waals surface area contributed by atoms with Gasteiger partial charge in [-0.05, 0) is 24.0 Å². The minimum absolute atomic E-state index is 0.738. The predicted molar refractivity (Wildman–Crippen MR) is 80.8 cm³/mol. The van der Waals surface area contributed by atoms with E-state index in [9.17, 15) is 0 Å². The van der Waals surface area contributed by atoms with Gasteiger partial charge < -0.3 is 5.73 Å². The summed E-state index contributed by atoms with van der Waals surface area (Å²) in [6, 6.07) is 9.63. The van der Waals surface area contributed by atoms with Gasteiger partial charge in [0.2, 0.25) is 0 Å². The summed E-state index contributed by atoms with van der Waals surface area (Å²) in [5.74, 6) is 0.750. The van der Waals surface area contributed by atoms with Crippen LogP contribution in [0.25, 0.3) is 16.9 Å². The molecule has 0 atom stereocenters. The molecule has 2 heterocycles. The molecule has 100 valence electrons. The second-order valence-corrected chi connectivity index (χ2v) is 5.04. The summed E-state index contributed by atoms with van der Waals surface area (Å²) >= 11 is 1.57. The maximum absolute atomic E-state index is 5.80. The highest BCUT2D eigenvalue weighted by molar-refractivity contribution is 7.98. The molecule has 0 spiro atoms. The largest absolute Gasteiger partial charge is 0.399 e. The fraction of sp³-hybridized carbons (Fsp3) is 0.0714. The van der Waals surface area contributed by atoms with Gasteiger partial charge in [0, 0.05) is 23.5 Å². The van der Waals surface area contributed by atoms with Crippen LogP contribution in [-0.2, 0) is 0 Å². The number of nitrogens with zero attached hydrogens (tertiary/aromatic N) is 4. The zero-order valence-corrected chi connectivity index (χ0v) is 11.7. The Morgan fingerprint density at radius 1 is 1.15 bits per heavy atom. The molecule has 3 rings (SSSR count). The van der Waals surface area contributed by atoms with Gasteiger partial charge in [-0.1, -0.05) is 12.1 Å². The number of hydrogen-bond donors (Lipinski definition) is 1.